The van der Waals surface area contributed by atoms with Gasteiger partial charge in [-0.2, -0.15) is 0 Å². The van der Waals surface area contributed by atoms with E-state index in [0.29, 0.717) is 12.5 Å². The molecule has 0 aromatic carbocycles. The molecule has 0 spiro atoms. The minimum Gasteiger partial charge on any atom is -0.330 e. The molecule has 0 rings (SSSR count). The third kappa shape index (κ3) is 6.51. The molecule has 0 aliphatic heterocycles. The predicted octanol–water partition coefficient (Wildman–Crippen LogP) is 1.13. The van der Waals surface area contributed by atoms with Crippen LogP contribution in [-0.4, -0.2) is 22.3 Å². The predicted molar refractivity (Wildman–Crippen MR) is 51.0 cm³/mol. The van der Waals surface area contributed by atoms with Gasteiger partial charge in [-0.15, -0.1) is 0 Å². The van der Waals surface area contributed by atoms with Crippen molar-refractivity contribution >= 4 is 10.8 Å². The number of rotatable bonds is 6. The van der Waals surface area contributed by atoms with E-state index in [9.17, 15) is 4.21 Å². The van der Waals surface area contributed by atoms with Gasteiger partial charge in [0.25, 0.3) is 0 Å². The van der Waals surface area contributed by atoms with Gasteiger partial charge in [-0.3, -0.25) is 4.21 Å². The zero-order chi connectivity index (χ0) is 8.69. The van der Waals surface area contributed by atoms with Gasteiger partial charge in [0.15, 0.2) is 0 Å². The average Bonchev–Trinajstić information content (AvgIpc) is 2.00. The number of hydrogen-bond donors (Lipinski definition) is 1. The molecule has 0 saturated heterocycles. The summed E-state index contributed by atoms with van der Waals surface area (Å²) in [6.07, 6.45) is 2.20. The van der Waals surface area contributed by atoms with Crippen LogP contribution in [0, 0.1) is 5.92 Å². The Labute approximate surface area is 72.0 Å². The van der Waals surface area contributed by atoms with E-state index in [2.05, 4.69) is 6.92 Å². The lowest BCUT2D eigenvalue weighted by Crippen LogP contribution is -2.18. The van der Waals surface area contributed by atoms with Crippen molar-refractivity contribution in [3.63, 3.8) is 0 Å². The standard InChI is InChI=1S/C8H19NOS/c1-3-4-5-11(10)7-8(2)6-9/h8H,3-7,9H2,1-2H3. The van der Waals surface area contributed by atoms with E-state index in [1.165, 1.54) is 0 Å². The van der Waals surface area contributed by atoms with E-state index in [4.69, 9.17) is 5.73 Å². The molecule has 0 heterocycles. The van der Waals surface area contributed by atoms with Crippen LogP contribution in [0.2, 0.25) is 0 Å². The summed E-state index contributed by atoms with van der Waals surface area (Å²) in [5.41, 5.74) is 5.41. The first-order valence-electron chi connectivity index (χ1n) is 4.25. The zero-order valence-corrected chi connectivity index (χ0v) is 8.32. The van der Waals surface area contributed by atoms with Gasteiger partial charge in [0.2, 0.25) is 0 Å². The summed E-state index contributed by atoms with van der Waals surface area (Å²) in [5.74, 6) is 2.03. The molecule has 0 aromatic heterocycles. The number of nitrogens with two attached hydrogens (primary N) is 1. The Morgan fingerprint density at radius 1 is 1.55 bits per heavy atom. The molecule has 3 heteroatoms. The lowest BCUT2D eigenvalue weighted by atomic mass is 10.2. The smallest absolute Gasteiger partial charge is 0.0272 e. The molecule has 0 radical (unpaired) electrons. The Bertz CT molecular complexity index is 117. The minimum absolute atomic E-state index is 0.410. The van der Waals surface area contributed by atoms with Gasteiger partial charge in [0, 0.05) is 22.3 Å². The van der Waals surface area contributed by atoms with Crippen molar-refractivity contribution in [2.45, 2.75) is 26.7 Å². The second-order valence-corrected chi connectivity index (χ2v) is 4.63. The fourth-order valence-electron chi connectivity index (χ4n) is 0.774. The normalized spacial score (nSPS) is 16.3. The maximum absolute atomic E-state index is 11.2. The molecular formula is C8H19NOS. The molecule has 2 N–H and O–H groups in total. The van der Waals surface area contributed by atoms with Gasteiger partial charge >= 0.3 is 0 Å². The monoisotopic (exact) mass is 177 g/mol. The third-order valence-corrected chi connectivity index (χ3v) is 3.28. The molecule has 0 fully saturated rings. The summed E-state index contributed by atoms with van der Waals surface area (Å²) in [6.45, 7) is 4.81. The van der Waals surface area contributed by atoms with Crippen molar-refractivity contribution in [3.8, 4) is 0 Å². The van der Waals surface area contributed by atoms with Gasteiger partial charge in [-0.25, -0.2) is 0 Å². The second kappa shape index (κ2) is 6.80. The highest BCUT2D eigenvalue weighted by Gasteiger charge is 2.04. The first-order valence-corrected chi connectivity index (χ1v) is 5.74. The van der Waals surface area contributed by atoms with E-state index in [-0.39, 0.29) is 0 Å². The maximum atomic E-state index is 11.2. The highest BCUT2D eigenvalue weighted by Crippen LogP contribution is 1.98. The molecular weight excluding hydrogens is 158 g/mol. The molecule has 2 unspecified atom stereocenters. The van der Waals surface area contributed by atoms with Crippen LogP contribution < -0.4 is 5.73 Å². The topological polar surface area (TPSA) is 43.1 Å². The Morgan fingerprint density at radius 2 is 2.18 bits per heavy atom. The molecule has 0 aliphatic rings. The number of unbranched alkanes of at least 4 members (excludes halogenated alkanes) is 1. The Morgan fingerprint density at radius 3 is 2.64 bits per heavy atom. The van der Waals surface area contributed by atoms with Crippen molar-refractivity contribution in [3.05, 3.63) is 0 Å². The van der Waals surface area contributed by atoms with Gasteiger partial charge in [0.05, 0.1) is 0 Å². The van der Waals surface area contributed by atoms with Gasteiger partial charge in [-0.05, 0) is 18.9 Å². The largest absolute Gasteiger partial charge is 0.330 e. The van der Waals surface area contributed by atoms with Crippen LogP contribution >= 0.6 is 0 Å². The molecule has 0 aromatic rings. The van der Waals surface area contributed by atoms with E-state index in [1.54, 1.807) is 0 Å². The Balaban J connectivity index is 3.36. The van der Waals surface area contributed by atoms with E-state index < -0.39 is 10.8 Å². The van der Waals surface area contributed by atoms with Crippen molar-refractivity contribution < 1.29 is 4.21 Å². The van der Waals surface area contributed by atoms with Crippen LogP contribution in [-0.2, 0) is 10.8 Å². The van der Waals surface area contributed by atoms with Crippen LogP contribution in [0.15, 0.2) is 0 Å². The quantitative estimate of drug-likeness (QED) is 0.661. The molecule has 2 atom stereocenters. The van der Waals surface area contributed by atoms with Crippen molar-refractivity contribution in [1.82, 2.24) is 0 Å². The van der Waals surface area contributed by atoms with Crippen LogP contribution in [0.1, 0.15) is 26.7 Å². The van der Waals surface area contributed by atoms with Crippen LogP contribution in [0.3, 0.4) is 0 Å². The van der Waals surface area contributed by atoms with Crippen molar-refractivity contribution in [2.75, 3.05) is 18.1 Å². The summed E-state index contributed by atoms with van der Waals surface area (Å²) in [6, 6.07) is 0. The highest BCUT2D eigenvalue weighted by molar-refractivity contribution is 7.84. The third-order valence-electron chi connectivity index (χ3n) is 1.60. The summed E-state index contributed by atoms with van der Waals surface area (Å²) in [5, 5.41) is 0. The Hall–Kier alpha value is 0.110. The molecule has 0 saturated carbocycles. The fraction of sp³-hybridized carbons (Fsp3) is 1.00. The summed E-state index contributed by atoms with van der Waals surface area (Å²) >= 11 is 0. The second-order valence-electron chi connectivity index (χ2n) is 3.01. The Kier molecular flexibility index (Phi) is 6.87. The zero-order valence-electron chi connectivity index (χ0n) is 7.51. The van der Waals surface area contributed by atoms with Gasteiger partial charge in [-0.1, -0.05) is 20.3 Å². The van der Waals surface area contributed by atoms with Gasteiger partial charge in [0.1, 0.15) is 0 Å². The van der Waals surface area contributed by atoms with E-state index in [1.807, 2.05) is 6.92 Å². The van der Waals surface area contributed by atoms with Crippen molar-refractivity contribution in [1.29, 1.82) is 0 Å². The maximum Gasteiger partial charge on any atom is 0.0272 e. The first kappa shape index (κ1) is 11.1. The van der Waals surface area contributed by atoms with Gasteiger partial charge < -0.3 is 5.73 Å². The molecule has 2 nitrogen and oxygen atoms in total. The fourth-order valence-corrected chi connectivity index (χ4v) is 2.32. The summed E-state index contributed by atoms with van der Waals surface area (Å²) in [7, 11) is -0.630. The summed E-state index contributed by atoms with van der Waals surface area (Å²) in [4.78, 5) is 0. The lowest BCUT2D eigenvalue weighted by molar-refractivity contribution is 0.638. The molecule has 0 aliphatic carbocycles. The van der Waals surface area contributed by atoms with Crippen LogP contribution in [0.25, 0.3) is 0 Å². The highest BCUT2D eigenvalue weighted by atomic mass is 32.2. The van der Waals surface area contributed by atoms with Crippen molar-refractivity contribution in [2.24, 2.45) is 11.7 Å². The molecule has 0 amide bonds. The van der Waals surface area contributed by atoms with Crippen LogP contribution in [0.5, 0.6) is 0 Å². The lowest BCUT2D eigenvalue weighted by Gasteiger charge is -2.06. The molecule has 0 bridgehead atoms. The van der Waals surface area contributed by atoms with Crippen LogP contribution in [0.4, 0.5) is 0 Å². The van der Waals surface area contributed by atoms with E-state index in [0.717, 1.165) is 24.3 Å². The van der Waals surface area contributed by atoms with E-state index >= 15 is 0 Å². The summed E-state index contributed by atoms with van der Waals surface area (Å²) < 4.78 is 11.2. The average molecular weight is 177 g/mol. The minimum atomic E-state index is -0.630. The first-order chi connectivity index (χ1) is 5.20. The molecule has 68 valence electrons. The number of hydrogen-bond acceptors (Lipinski definition) is 2. The molecule has 11 heavy (non-hydrogen) atoms. The SMILES string of the molecule is CCCCS(=O)CC(C)CN.